The van der Waals surface area contributed by atoms with Crippen LogP contribution in [0.2, 0.25) is 0 Å². The maximum Gasteiger partial charge on any atom is 0.0700 e. The molecule has 3 nitrogen and oxygen atoms in total. The van der Waals surface area contributed by atoms with Crippen LogP contribution in [-0.2, 0) is 15.9 Å². The summed E-state index contributed by atoms with van der Waals surface area (Å²) in [5.41, 5.74) is 3.00. The van der Waals surface area contributed by atoms with E-state index in [1.54, 1.807) is 7.11 Å². The van der Waals surface area contributed by atoms with Crippen molar-refractivity contribution >= 4 is 0 Å². The van der Waals surface area contributed by atoms with Crippen LogP contribution < -0.4 is 5.32 Å². The van der Waals surface area contributed by atoms with E-state index in [0.717, 1.165) is 13.2 Å². The van der Waals surface area contributed by atoms with Crippen molar-refractivity contribution in [3.8, 4) is 0 Å². The first kappa shape index (κ1) is 14.5. The third kappa shape index (κ3) is 4.60. The fraction of sp³-hybridized carbons (Fsp3) is 0.625. The molecule has 0 saturated heterocycles. The van der Waals surface area contributed by atoms with Crippen molar-refractivity contribution in [1.29, 1.82) is 0 Å². The van der Waals surface area contributed by atoms with Crippen molar-refractivity contribution in [2.75, 3.05) is 33.5 Å². The molecule has 2 rings (SSSR count). The second-order valence-electron chi connectivity index (χ2n) is 5.06. The van der Waals surface area contributed by atoms with Crippen molar-refractivity contribution in [3.05, 3.63) is 35.4 Å². The number of hydrogen-bond donors (Lipinski definition) is 1. The van der Waals surface area contributed by atoms with Crippen molar-refractivity contribution in [2.45, 2.75) is 31.7 Å². The molecule has 1 aromatic rings. The molecular formula is C16H25NO2. The molecule has 1 aliphatic carbocycles. The minimum absolute atomic E-state index is 0.490. The zero-order valence-electron chi connectivity index (χ0n) is 11.9. The second-order valence-corrected chi connectivity index (χ2v) is 5.06. The fourth-order valence-electron chi connectivity index (χ4n) is 2.68. The summed E-state index contributed by atoms with van der Waals surface area (Å²) in [6.45, 7) is 3.01. The topological polar surface area (TPSA) is 30.5 Å². The first-order valence-electron chi connectivity index (χ1n) is 7.29. The van der Waals surface area contributed by atoms with Gasteiger partial charge in [0.1, 0.15) is 0 Å². The first-order valence-corrected chi connectivity index (χ1v) is 7.29. The Bertz CT molecular complexity index is 368. The van der Waals surface area contributed by atoms with Crippen LogP contribution >= 0.6 is 0 Å². The van der Waals surface area contributed by atoms with E-state index in [1.165, 1.54) is 36.8 Å². The smallest absolute Gasteiger partial charge is 0.0700 e. The van der Waals surface area contributed by atoms with E-state index in [0.29, 0.717) is 19.3 Å². The molecule has 0 aromatic heterocycles. The Balaban J connectivity index is 1.79. The van der Waals surface area contributed by atoms with Gasteiger partial charge in [-0.2, -0.15) is 0 Å². The maximum atomic E-state index is 5.50. The first-order chi connectivity index (χ1) is 9.42. The molecule has 0 spiro atoms. The molecule has 0 aliphatic heterocycles. The summed E-state index contributed by atoms with van der Waals surface area (Å²) in [5.74, 6) is 0. The Morgan fingerprint density at radius 3 is 2.95 bits per heavy atom. The van der Waals surface area contributed by atoms with Gasteiger partial charge in [0.2, 0.25) is 0 Å². The van der Waals surface area contributed by atoms with Gasteiger partial charge in [0.05, 0.1) is 19.8 Å². The lowest BCUT2D eigenvalue weighted by molar-refractivity contribution is 0.0709. The van der Waals surface area contributed by atoms with Crippen LogP contribution in [0.5, 0.6) is 0 Å². The average Bonchev–Trinajstić information content (AvgIpc) is 2.65. The molecule has 1 aliphatic rings. The summed E-state index contributed by atoms with van der Waals surface area (Å²) in [4.78, 5) is 0. The van der Waals surface area contributed by atoms with Crippen molar-refractivity contribution in [2.24, 2.45) is 0 Å². The number of aryl methyl sites for hydroxylation is 1. The summed E-state index contributed by atoms with van der Waals surface area (Å²) in [7, 11) is 1.70. The van der Waals surface area contributed by atoms with Gasteiger partial charge >= 0.3 is 0 Å². The Kier molecular flexibility index (Phi) is 6.34. The summed E-state index contributed by atoms with van der Waals surface area (Å²) >= 11 is 0. The summed E-state index contributed by atoms with van der Waals surface area (Å²) in [5, 5.41) is 3.63. The van der Waals surface area contributed by atoms with Crippen LogP contribution in [0.1, 0.15) is 36.4 Å². The highest BCUT2D eigenvalue weighted by atomic mass is 16.5. The lowest BCUT2D eigenvalue weighted by Gasteiger charge is -2.19. The summed E-state index contributed by atoms with van der Waals surface area (Å²) < 4.78 is 10.5. The van der Waals surface area contributed by atoms with Crippen molar-refractivity contribution in [1.82, 2.24) is 5.32 Å². The minimum atomic E-state index is 0.490. The monoisotopic (exact) mass is 263 g/mol. The average molecular weight is 263 g/mol. The van der Waals surface area contributed by atoms with Crippen molar-refractivity contribution < 1.29 is 9.47 Å². The van der Waals surface area contributed by atoms with Gasteiger partial charge in [0, 0.05) is 19.7 Å². The van der Waals surface area contributed by atoms with Gasteiger partial charge in [-0.05, 0) is 30.4 Å². The van der Waals surface area contributed by atoms with Crippen molar-refractivity contribution in [3.63, 3.8) is 0 Å². The number of fused-ring (bicyclic) bond motifs is 1. The van der Waals surface area contributed by atoms with E-state index in [-0.39, 0.29) is 0 Å². The molecule has 0 fully saturated rings. The van der Waals surface area contributed by atoms with Gasteiger partial charge in [-0.1, -0.05) is 30.7 Å². The van der Waals surface area contributed by atoms with E-state index in [1.807, 2.05) is 0 Å². The zero-order valence-corrected chi connectivity index (χ0v) is 11.9. The predicted octanol–water partition coefficient (Wildman–Crippen LogP) is 2.71. The quantitative estimate of drug-likeness (QED) is 0.606. The second kappa shape index (κ2) is 8.31. The molecule has 19 heavy (non-hydrogen) atoms. The third-order valence-corrected chi connectivity index (χ3v) is 3.69. The number of ether oxygens (including phenoxy) is 2. The van der Waals surface area contributed by atoms with Crippen LogP contribution in [0, 0.1) is 0 Å². The minimum Gasteiger partial charge on any atom is -0.382 e. The molecule has 1 atom stereocenters. The van der Waals surface area contributed by atoms with Gasteiger partial charge in [-0.25, -0.2) is 0 Å². The van der Waals surface area contributed by atoms with E-state index < -0.39 is 0 Å². The Morgan fingerprint density at radius 2 is 2.05 bits per heavy atom. The van der Waals surface area contributed by atoms with Crippen LogP contribution in [0.4, 0.5) is 0 Å². The highest BCUT2D eigenvalue weighted by Crippen LogP contribution is 2.28. The third-order valence-electron chi connectivity index (χ3n) is 3.69. The molecule has 0 bridgehead atoms. The molecule has 1 aromatic carbocycles. The Labute approximate surface area is 116 Å². The zero-order chi connectivity index (χ0) is 13.3. The van der Waals surface area contributed by atoms with E-state index >= 15 is 0 Å². The van der Waals surface area contributed by atoms with Gasteiger partial charge in [-0.15, -0.1) is 0 Å². The van der Waals surface area contributed by atoms with Gasteiger partial charge in [0.25, 0.3) is 0 Å². The molecule has 3 heteroatoms. The molecule has 0 amide bonds. The summed E-state index contributed by atoms with van der Waals surface area (Å²) in [6, 6.07) is 9.32. The highest BCUT2D eigenvalue weighted by molar-refractivity contribution is 5.31. The summed E-state index contributed by atoms with van der Waals surface area (Å²) in [6.07, 6.45) is 5.06. The van der Waals surface area contributed by atoms with Crippen LogP contribution in [0.3, 0.4) is 0 Å². The van der Waals surface area contributed by atoms with E-state index in [2.05, 4.69) is 29.6 Å². The normalized spacial score (nSPS) is 18.9. The molecule has 0 radical (unpaired) electrons. The predicted molar refractivity (Wildman–Crippen MR) is 77.4 cm³/mol. The molecular weight excluding hydrogens is 238 g/mol. The van der Waals surface area contributed by atoms with Gasteiger partial charge in [0.15, 0.2) is 0 Å². The maximum absolute atomic E-state index is 5.50. The van der Waals surface area contributed by atoms with Gasteiger partial charge < -0.3 is 14.8 Å². The number of benzene rings is 1. The Hall–Kier alpha value is -0.900. The molecule has 0 saturated carbocycles. The van der Waals surface area contributed by atoms with E-state index in [9.17, 15) is 0 Å². The largest absolute Gasteiger partial charge is 0.382 e. The van der Waals surface area contributed by atoms with Crippen LogP contribution in [0.15, 0.2) is 24.3 Å². The van der Waals surface area contributed by atoms with Gasteiger partial charge in [-0.3, -0.25) is 0 Å². The van der Waals surface area contributed by atoms with Crippen LogP contribution in [0.25, 0.3) is 0 Å². The Morgan fingerprint density at radius 1 is 1.16 bits per heavy atom. The standard InChI is InChI=1S/C16H25NO2/c1-18-12-13-19-11-10-17-16-9-5-3-7-14-6-2-4-8-15(14)16/h2,4,6,8,16-17H,3,5,7,9-13H2,1H3. The number of rotatable bonds is 7. The lowest BCUT2D eigenvalue weighted by Crippen LogP contribution is -2.26. The number of nitrogens with one attached hydrogen (secondary N) is 1. The number of methoxy groups -OCH3 is 1. The van der Waals surface area contributed by atoms with E-state index in [4.69, 9.17) is 9.47 Å². The molecule has 1 N–H and O–H groups in total. The molecule has 106 valence electrons. The fourth-order valence-corrected chi connectivity index (χ4v) is 2.68. The SMILES string of the molecule is COCCOCCNC1CCCCc2ccccc21. The molecule has 0 heterocycles. The lowest BCUT2D eigenvalue weighted by atomic mass is 9.99. The highest BCUT2D eigenvalue weighted by Gasteiger charge is 2.17. The molecule has 1 unspecified atom stereocenters. The van der Waals surface area contributed by atoms with Crippen LogP contribution in [-0.4, -0.2) is 33.5 Å². The number of hydrogen-bond acceptors (Lipinski definition) is 3.